The molecule has 0 saturated heterocycles. The molecular weight excluding hydrogens is 267 g/mol. The molecule has 1 amide bonds. The van der Waals surface area contributed by atoms with Crippen LogP contribution in [0.3, 0.4) is 0 Å². The Morgan fingerprint density at radius 2 is 2.30 bits per heavy atom. The second-order valence-corrected chi connectivity index (χ2v) is 4.12. The highest BCUT2D eigenvalue weighted by molar-refractivity contribution is 5.94. The number of H-pyrrole nitrogens is 1. The number of amides is 1. The molecule has 1 heterocycles. The van der Waals surface area contributed by atoms with Gasteiger partial charge in [-0.3, -0.25) is 14.9 Å². The number of aromatic nitrogens is 2. The van der Waals surface area contributed by atoms with Gasteiger partial charge in [0.2, 0.25) is 5.82 Å². The number of carbonyl (C=O) groups is 1. The Morgan fingerprint density at radius 3 is 2.90 bits per heavy atom. The topological polar surface area (TPSA) is 92.1 Å². The van der Waals surface area contributed by atoms with Gasteiger partial charge in [-0.15, -0.1) is 0 Å². The largest absolute Gasteiger partial charge is 0.347 e. The molecule has 0 bridgehead atoms. The summed E-state index contributed by atoms with van der Waals surface area (Å²) in [5, 5.41) is 10.6. The third kappa shape index (κ3) is 2.79. The summed E-state index contributed by atoms with van der Waals surface area (Å²) in [6, 6.07) is 3.05. The van der Waals surface area contributed by atoms with Gasteiger partial charge in [-0.2, -0.15) is 4.39 Å². The number of imidazole rings is 1. The minimum atomic E-state index is -0.972. The lowest BCUT2D eigenvalue weighted by molar-refractivity contribution is -0.387. The van der Waals surface area contributed by atoms with Crippen LogP contribution in [0.5, 0.6) is 0 Å². The Balaban J connectivity index is 2.20. The molecule has 1 aromatic carbocycles. The number of rotatable bonds is 4. The Bertz CT molecular complexity index is 642. The molecule has 104 valence electrons. The molecule has 0 fully saturated rings. The first-order chi connectivity index (χ1) is 9.49. The van der Waals surface area contributed by atoms with E-state index in [0.29, 0.717) is 5.82 Å². The molecule has 20 heavy (non-hydrogen) atoms. The van der Waals surface area contributed by atoms with Crippen molar-refractivity contribution in [1.82, 2.24) is 14.9 Å². The van der Waals surface area contributed by atoms with E-state index in [1.807, 2.05) is 0 Å². The van der Waals surface area contributed by atoms with Crippen LogP contribution in [0.25, 0.3) is 0 Å². The molecule has 1 N–H and O–H groups in total. The standard InChI is InChI=1S/C12H11FN4O3/c1-16(7-11-14-4-5-15-11)12(18)8-2-3-9(13)10(6-8)17(19)20/h2-6H,7H2,1H3,(H,14,15). The maximum Gasteiger partial charge on any atom is 0.305 e. The van der Waals surface area contributed by atoms with Gasteiger partial charge in [-0.05, 0) is 12.1 Å². The number of carbonyl (C=O) groups excluding carboxylic acids is 1. The number of benzene rings is 1. The Hall–Kier alpha value is -2.77. The Labute approximate surface area is 113 Å². The average Bonchev–Trinajstić information content (AvgIpc) is 2.91. The molecule has 7 nitrogen and oxygen atoms in total. The van der Waals surface area contributed by atoms with E-state index in [1.165, 1.54) is 18.0 Å². The quantitative estimate of drug-likeness (QED) is 0.681. The molecule has 0 unspecified atom stereocenters. The summed E-state index contributed by atoms with van der Waals surface area (Å²) in [6.45, 7) is 0.219. The van der Waals surface area contributed by atoms with Crippen molar-refractivity contribution in [2.45, 2.75) is 6.54 Å². The molecule has 0 saturated carbocycles. The van der Waals surface area contributed by atoms with Gasteiger partial charge in [0.25, 0.3) is 5.91 Å². The molecule has 1 aromatic heterocycles. The second kappa shape index (κ2) is 5.47. The predicted octanol–water partition coefficient (Wildman–Crippen LogP) is 1.73. The smallest absolute Gasteiger partial charge is 0.305 e. The fourth-order valence-corrected chi connectivity index (χ4v) is 1.69. The van der Waals surface area contributed by atoms with Gasteiger partial charge < -0.3 is 9.88 Å². The van der Waals surface area contributed by atoms with Crippen LogP contribution in [0.1, 0.15) is 16.2 Å². The second-order valence-electron chi connectivity index (χ2n) is 4.12. The summed E-state index contributed by atoms with van der Waals surface area (Å²) in [5.74, 6) is -0.845. The van der Waals surface area contributed by atoms with E-state index in [-0.39, 0.29) is 12.1 Å². The van der Waals surface area contributed by atoms with Crippen LogP contribution in [0.15, 0.2) is 30.6 Å². The maximum atomic E-state index is 13.2. The van der Waals surface area contributed by atoms with Crippen molar-refractivity contribution in [2.75, 3.05) is 7.05 Å². The number of nitrogens with zero attached hydrogens (tertiary/aromatic N) is 3. The molecule has 0 radical (unpaired) electrons. The van der Waals surface area contributed by atoms with Crippen LogP contribution in [-0.2, 0) is 6.54 Å². The van der Waals surface area contributed by atoms with E-state index in [9.17, 15) is 19.3 Å². The van der Waals surface area contributed by atoms with Crippen molar-refractivity contribution >= 4 is 11.6 Å². The van der Waals surface area contributed by atoms with Crippen molar-refractivity contribution < 1.29 is 14.1 Å². The molecule has 0 spiro atoms. The summed E-state index contributed by atoms with van der Waals surface area (Å²) in [6.07, 6.45) is 3.17. The Morgan fingerprint density at radius 1 is 1.55 bits per heavy atom. The Kier molecular flexibility index (Phi) is 3.74. The van der Waals surface area contributed by atoms with Crippen molar-refractivity contribution in [1.29, 1.82) is 0 Å². The number of hydrogen-bond donors (Lipinski definition) is 1. The van der Waals surface area contributed by atoms with Crippen LogP contribution in [0, 0.1) is 15.9 Å². The minimum absolute atomic E-state index is 0.0483. The van der Waals surface area contributed by atoms with E-state index < -0.39 is 22.3 Å². The third-order valence-electron chi connectivity index (χ3n) is 2.68. The SMILES string of the molecule is CN(Cc1ncc[nH]1)C(=O)c1ccc(F)c([N+](=O)[O-])c1. The predicted molar refractivity (Wildman–Crippen MR) is 67.4 cm³/mol. The van der Waals surface area contributed by atoms with Crippen LogP contribution in [-0.4, -0.2) is 32.7 Å². The summed E-state index contributed by atoms with van der Waals surface area (Å²) >= 11 is 0. The molecule has 8 heteroatoms. The van der Waals surface area contributed by atoms with Crippen LogP contribution in [0.2, 0.25) is 0 Å². The minimum Gasteiger partial charge on any atom is -0.347 e. The fraction of sp³-hybridized carbons (Fsp3) is 0.167. The highest BCUT2D eigenvalue weighted by atomic mass is 19.1. The van der Waals surface area contributed by atoms with E-state index in [2.05, 4.69) is 9.97 Å². The zero-order chi connectivity index (χ0) is 14.7. The highest BCUT2D eigenvalue weighted by Gasteiger charge is 2.19. The van der Waals surface area contributed by atoms with Gasteiger partial charge in [-0.1, -0.05) is 0 Å². The number of halogens is 1. The van der Waals surface area contributed by atoms with Gasteiger partial charge in [0.15, 0.2) is 0 Å². The number of nitrogens with one attached hydrogen (secondary N) is 1. The van der Waals surface area contributed by atoms with Gasteiger partial charge in [0, 0.05) is 31.1 Å². The van der Waals surface area contributed by atoms with Crippen molar-refractivity contribution in [3.63, 3.8) is 0 Å². The molecule has 2 aromatic rings. The van der Waals surface area contributed by atoms with E-state index in [4.69, 9.17) is 0 Å². The first-order valence-corrected chi connectivity index (χ1v) is 5.66. The van der Waals surface area contributed by atoms with Crippen LogP contribution in [0.4, 0.5) is 10.1 Å². The first-order valence-electron chi connectivity index (χ1n) is 5.66. The summed E-state index contributed by atoms with van der Waals surface area (Å²) in [5.41, 5.74) is -0.672. The fourth-order valence-electron chi connectivity index (χ4n) is 1.69. The number of hydrogen-bond acceptors (Lipinski definition) is 4. The zero-order valence-electron chi connectivity index (χ0n) is 10.5. The molecule has 0 aliphatic rings. The molecule has 0 atom stereocenters. The average molecular weight is 278 g/mol. The number of nitro benzene ring substituents is 1. The lowest BCUT2D eigenvalue weighted by Crippen LogP contribution is -2.26. The number of aromatic amines is 1. The number of nitro groups is 1. The van der Waals surface area contributed by atoms with Crippen LogP contribution >= 0.6 is 0 Å². The third-order valence-corrected chi connectivity index (χ3v) is 2.68. The van der Waals surface area contributed by atoms with E-state index >= 15 is 0 Å². The lowest BCUT2D eigenvalue weighted by atomic mass is 10.1. The summed E-state index contributed by atoms with van der Waals surface area (Å²) in [7, 11) is 1.53. The van der Waals surface area contributed by atoms with Crippen molar-refractivity contribution in [3.05, 3.63) is 57.9 Å². The van der Waals surface area contributed by atoms with Gasteiger partial charge in [0.1, 0.15) is 5.82 Å². The lowest BCUT2D eigenvalue weighted by Gasteiger charge is -2.15. The van der Waals surface area contributed by atoms with Gasteiger partial charge >= 0.3 is 5.69 Å². The first kappa shape index (κ1) is 13.7. The molecule has 0 aliphatic heterocycles. The van der Waals surface area contributed by atoms with Crippen molar-refractivity contribution in [2.24, 2.45) is 0 Å². The van der Waals surface area contributed by atoms with Gasteiger partial charge in [0.05, 0.1) is 11.5 Å². The highest BCUT2D eigenvalue weighted by Crippen LogP contribution is 2.19. The zero-order valence-corrected chi connectivity index (χ0v) is 10.5. The van der Waals surface area contributed by atoms with Gasteiger partial charge in [-0.25, -0.2) is 4.98 Å². The van der Waals surface area contributed by atoms with Crippen molar-refractivity contribution in [3.8, 4) is 0 Å². The normalized spacial score (nSPS) is 10.3. The van der Waals surface area contributed by atoms with E-state index in [1.54, 1.807) is 12.4 Å². The molecule has 0 aliphatic carbocycles. The summed E-state index contributed by atoms with van der Waals surface area (Å²) in [4.78, 5) is 30.0. The summed E-state index contributed by atoms with van der Waals surface area (Å²) < 4.78 is 13.2. The van der Waals surface area contributed by atoms with E-state index in [0.717, 1.165) is 12.1 Å². The molecule has 2 rings (SSSR count). The van der Waals surface area contributed by atoms with Crippen LogP contribution < -0.4 is 0 Å². The maximum absolute atomic E-state index is 13.2. The monoisotopic (exact) mass is 278 g/mol. The molecular formula is C12H11FN4O3.